The van der Waals surface area contributed by atoms with Crippen LogP contribution in [0.3, 0.4) is 0 Å². The largest absolute Gasteiger partial charge is 0.437 e. The second-order valence-electron chi connectivity index (χ2n) is 8.84. The van der Waals surface area contributed by atoms with Crippen LogP contribution in [0.15, 0.2) is 28.4 Å². The molecule has 0 radical (unpaired) electrons. The van der Waals surface area contributed by atoms with Gasteiger partial charge in [0.15, 0.2) is 0 Å². The van der Waals surface area contributed by atoms with Gasteiger partial charge in [-0.3, -0.25) is 9.47 Å². The molecule has 35 heavy (non-hydrogen) atoms. The lowest BCUT2D eigenvalue weighted by atomic mass is 10.1. The molecule has 0 aliphatic carbocycles. The Labute approximate surface area is 206 Å². The van der Waals surface area contributed by atoms with Crippen molar-refractivity contribution in [2.75, 3.05) is 18.4 Å². The summed E-state index contributed by atoms with van der Waals surface area (Å²) in [5, 5.41) is 21.3. The third-order valence-corrected chi connectivity index (χ3v) is 7.21. The third-order valence-electron chi connectivity index (χ3n) is 6.32. The Hall–Kier alpha value is -3.75. The minimum atomic E-state index is -0.193. The number of ether oxygens (including phenoxy) is 1. The van der Waals surface area contributed by atoms with Crippen LogP contribution in [-0.4, -0.2) is 48.8 Å². The summed E-state index contributed by atoms with van der Waals surface area (Å²) in [6.45, 7) is 6.27. The number of fused-ring (bicyclic) bond motifs is 1. The summed E-state index contributed by atoms with van der Waals surface area (Å²) < 4.78 is 8.74. The molecule has 0 atom stereocenters. The number of likely N-dealkylation sites (tertiary alicyclic amines) is 1. The molecule has 5 rings (SSSR count). The standard InChI is InChI=1S/C24H26N8O2S/c1-14-10-16(12-25)11-15(2)20(14)34-22-21-18(6-9-35-21)27-23(28-22)26-17-4-7-32(8-5-17)13-19-29-30-24(33)31(19)3/h6,9-11,17H,4-5,7-8,13H2,1-3H3,(H,30,33)(H,26,27,28). The summed E-state index contributed by atoms with van der Waals surface area (Å²) in [4.78, 5) is 23.3. The van der Waals surface area contributed by atoms with E-state index in [1.807, 2.05) is 37.4 Å². The van der Waals surface area contributed by atoms with Crippen molar-refractivity contribution < 1.29 is 4.74 Å². The fourth-order valence-electron chi connectivity index (χ4n) is 4.38. The van der Waals surface area contributed by atoms with Gasteiger partial charge in [0, 0.05) is 26.2 Å². The fourth-order valence-corrected chi connectivity index (χ4v) is 5.14. The molecule has 0 bridgehead atoms. The number of nitriles is 1. The number of hydrogen-bond donors (Lipinski definition) is 2. The van der Waals surface area contributed by atoms with Gasteiger partial charge in [-0.05, 0) is 61.4 Å². The van der Waals surface area contributed by atoms with Crippen LogP contribution in [0.25, 0.3) is 10.2 Å². The Kier molecular flexibility index (Phi) is 6.23. The van der Waals surface area contributed by atoms with Crippen LogP contribution in [0, 0.1) is 25.2 Å². The number of nitrogens with zero attached hydrogens (tertiary/aromatic N) is 6. The van der Waals surface area contributed by atoms with Crippen molar-refractivity contribution in [1.82, 2.24) is 29.6 Å². The molecule has 11 heteroatoms. The van der Waals surface area contributed by atoms with Crippen LogP contribution in [0.1, 0.15) is 35.4 Å². The smallest absolute Gasteiger partial charge is 0.343 e. The molecule has 4 heterocycles. The number of benzene rings is 1. The fraction of sp³-hybridized carbons (Fsp3) is 0.375. The van der Waals surface area contributed by atoms with Gasteiger partial charge in [-0.25, -0.2) is 14.9 Å². The van der Waals surface area contributed by atoms with E-state index in [1.165, 1.54) is 0 Å². The Morgan fingerprint density at radius 2 is 2.00 bits per heavy atom. The van der Waals surface area contributed by atoms with Gasteiger partial charge in [0.05, 0.1) is 23.7 Å². The third kappa shape index (κ3) is 4.76. The van der Waals surface area contributed by atoms with Crippen LogP contribution >= 0.6 is 11.3 Å². The summed E-state index contributed by atoms with van der Waals surface area (Å²) in [6, 6.07) is 8.03. The molecule has 1 aliphatic rings. The molecule has 4 aromatic rings. The van der Waals surface area contributed by atoms with Gasteiger partial charge in [0.25, 0.3) is 0 Å². The Morgan fingerprint density at radius 3 is 2.66 bits per heavy atom. The van der Waals surface area contributed by atoms with Crippen molar-refractivity contribution in [3.8, 4) is 17.7 Å². The number of anilines is 1. The SMILES string of the molecule is Cc1cc(C#N)cc(C)c1Oc1nc(NC2CCN(Cc3n[nH]c(=O)n3C)CC2)nc2ccsc12. The van der Waals surface area contributed by atoms with Crippen LogP contribution in [0.2, 0.25) is 0 Å². The molecule has 1 aromatic carbocycles. The van der Waals surface area contributed by atoms with E-state index in [9.17, 15) is 10.1 Å². The van der Waals surface area contributed by atoms with Gasteiger partial charge in [0.2, 0.25) is 11.8 Å². The first kappa shape index (κ1) is 23.0. The normalized spacial score (nSPS) is 14.8. The molecule has 0 spiro atoms. The van der Waals surface area contributed by atoms with Crippen LogP contribution in [-0.2, 0) is 13.6 Å². The van der Waals surface area contributed by atoms with Gasteiger partial charge < -0.3 is 10.1 Å². The first-order valence-electron chi connectivity index (χ1n) is 11.4. The molecule has 10 nitrogen and oxygen atoms in total. The maximum atomic E-state index is 11.6. The van der Waals surface area contributed by atoms with E-state index in [0.29, 0.717) is 29.7 Å². The van der Waals surface area contributed by atoms with E-state index in [4.69, 9.17) is 14.7 Å². The minimum absolute atomic E-state index is 0.193. The van der Waals surface area contributed by atoms with Crippen LogP contribution < -0.4 is 15.7 Å². The minimum Gasteiger partial charge on any atom is -0.437 e. The zero-order valence-corrected chi connectivity index (χ0v) is 20.6. The lowest BCUT2D eigenvalue weighted by Gasteiger charge is -2.31. The number of piperidine rings is 1. The zero-order valence-electron chi connectivity index (χ0n) is 19.8. The van der Waals surface area contributed by atoms with Crippen molar-refractivity contribution in [1.29, 1.82) is 5.26 Å². The lowest BCUT2D eigenvalue weighted by Crippen LogP contribution is -2.39. The van der Waals surface area contributed by atoms with Crippen molar-refractivity contribution in [2.24, 2.45) is 7.05 Å². The number of H-pyrrole nitrogens is 1. The van der Waals surface area contributed by atoms with Crippen molar-refractivity contribution in [2.45, 2.75) is 39.3 Å². The zero-order chi connectivity index (χ0) is 24.5. The monoisotopic (exact) mass is 490 g/mol. The molecule has 3 aromatic heterocycles. The van der Waals surface area contributed by atoms with Crippen molar-refractivity contribution in [3.05, 3.63) is 56.6 Å². The second-order valence-corrected chi connectivity index (χ2v) is 9.76. The average Bonchev–Trinajstić information content (AvgIpc) is 3.44. The van der Waals surface area contributed by atoms with Gasteiger partial charge in [0.1, 0.15) is 16.3 Å². The lowest BCUT2D eigenvalue weighted by molar-refractivity contribution is 0.204. The molecule has 1 saturated heterocycles. The van der Waals surface area contributed by atoms with Gasteiger partial charge in [-0.1, -0.05) is 0 Å². The molecular weight excluding hydrogens is 464 g/mol. The number of thiophene rings is 1. The summed E-state index contributed by atoms with van der Waals surface area (Å²) in [5.74, 6) is 2.51. The number of aryl methyl sites for hydroxylation is 2. The maximum absolute atomic E-state index is 11.6. The summed E-state index contributed by atoms with van der Waals surface area (Å²) >= 11 is 1.54. The first-order chi connectivity index (χ1) is 16.9. The summed E-state index contributed by atoms with van der Waals surface area (Å²) in [5.41, 5.74) is 3.03. The van der Waals surface area contributed by atoms with Gasteiger partial charge in [-0.2, -0.15) is 15.3 Å². The van der Waals surface area contributed by atoms with Crippen molar-refractivity contribution >= 4 is 27.5 Å². The van der Waals surface area contributed by atoms with E-state index >= 15 is 0 Å². The Bertz CT molecular complexity index is 1450. The predicted molar refractivity (Wildman–Crippen MR) is 134 cm³/mol. The van der Waals surface area contributed by atoms with E-state index < -0.39 is 0 Å². The molecule has 0 unspecified atom stereocenters. The number of aromatic amines is 1. The molecule has 180 valence electrons. The topological polar surface area (TPSA) is 125 Å². The second kappa shape index (κ2) is 9.48. The van der Waals surface area contributed by atoms with E-state index in [1.54, 1.807) is 23.0 Å². The highest BCUT2D eigenvalue weighted by Gasteiger charge is 2.22. The quantitative estimate of drug-likeness (QED) is 0.421. The maximum Gasteiger partial charge on any atom is 0.343 e. The van der Waals surface area contributed by atoms with E-state index in [0.717, 1.165) is 53.1 Å². The number of nitrogens with one attached hydrogen (secondary N) is 2. The summed E-state index contributed by atoms with van der Waals surface area (Å²) in [7, 11) is 1.73. The Balaban J connectivity index is 1.30. The number of hydrogen-bond acceptors (Lipinski definition) is 9. The molecule has 1 aliphatic heterocycles. The van der Waals surface area contributed by atoms with E-state index in [-0.39, 0.29) is 11.7 Å². The van der Waals surface area contributed by atoms with E-state index in [2.05, 4.69) is 26.5 Å². The number of aromatic nitrogens is 5. The average molecular weight is 491 g/mol. The highest BCUT2D eigenvalue weighted by Crippen LogP contribution is 2.35. The predicted octanol–water partition coefficient (Wildman–Crippen LogP) is 3.47. The highest BCUT2D eigenvalue weighted by atomic mass is 32.1. The molecule has 0 amide bonds. The first-order valence-corrected chi connectivity index (χ1v) is 12.3. The molecule has 0 saturated carbocycles. The molecular formula is C24H26N8O2S. The van der Waals surface area contributed by atoms with Gasteiger partial charge >= 0.3 is 5.69 Å². The van der Waals surface area contributed by atoms with Crippen LogP contribution in [0.5, 0.6) is 11.6 Å². The molecule has 1 fully saturated rings. The van der Waals surface area contributed by atoms with Gasteiger partial charge in [-0.15, -0.1) is 11.3 Å². The summed E-state index contributed by atoms with van der Waals surface area (Å²) in [6.07, 6.45) is 1.85. The van der Waals surface area contributed by atoms with Crippen molar-refractivity contribution in [3.63, 3.8) is 0 Å². The highest BCUT2D eigenvalue weighted by molar-refractivity contribution is 7.17. The van der Waals surface area contributed by atoms with Crippen LogP contribution in [0.4, 0.5) is 5.95 Å². The number of rotatable bonds is 6. The Morgan fingerprint density at radius 1 is 1.26 bits per heavy atom. The molecule has 2 N–H and O–H groups in total.